The van der Waals surface area contributed by atoms with E-state index in [-0.39, 0.29) is 11.8 Å². The van der Waals surface area contributed by atoms with Crippen LogP contribution in [0.15, 0.2) is 78.9 Å². The molecule has 4 heteroatoms. The Labute approximate surface area is 151 Å². The highest BCUT2D eigenvalue weighted by atomic mass is 35.5. The molecule has 0 saturated carbocycles. The van der Waals surface area contributed by atoms with Crippen molar-refractivity contribution >= 4 is 23.1 Å². The smallest absolute Gasteiger partial charge is 0.209 e. The summed E-state index contributed by atoms with van der Waals surface area (Å²) in [6.07, 6.45) is -0.643. The van der Waals surface area contributed by atoms with E-state index in [0.29, 0.717) is 16.3 Å². The number of anilines is 1. The number of hydrogen-bond acceptors (Lipinski definition) is 3. The first-order valence-corrected chi connectivity index (χ1v) is 8.47. The second-order valence-corrected chi connectivity index (χ2v) is 6.38. The zero-order chi connectivity index (χ0) is 17.2. The lowest BCUT2D eigenvalue weighted by molar-refractivity contribution is 0.0831. The molecule has 0 unspecified atom stereocenters. The molecule has 0 bridgehead atoms. The van der Waals surface area contributed by atoms with Gasteiger partial charge in [-0.05, 0) is 35.9 Å². The minimum absolute atomic E-state index is 0.0604. The summed E-state index contributed by atoms with van der Waals surface area (Å²) in [6, 6.07) is 24.5. The van der Waals surface area contributed by atoms with Gasteiger partial charge in [-0.15, -0.1) is 0 Å². The van der Waals surface area contributed by atoms with Gasteiger partial charge >= 0.3 is 0 Å². The lowest BCUT2D eigenvalue weighted by Crippen LogP contribution is -2.33. The number of ketones is 1. The number of fused-ring (bicyclic) bond motifs is 1. The topological polar surface area (TPSA) is 38.3 Å². The molecule has 0 spiro atoms. The number of nitrogens with one attached hydrogen (secondary N) is 1. The molecule has 2 atom stereocenters. The molecular weight excluding hydrogens is 334 g/mol. The highest BCUT2D eigenvalue weighted by Gasteiger charge is 2.39. The first kappa shape index (κ1) is 15.7. The van der Waals surface area contributed by atoms with E-state index >= 15 is 0 Å². The monoisotopic (exact) mass is 349 g/mol. The van der Waals surface area contributed by atoms with Crippen LogP contribution in [-0.2, 0) is 0 Å². The van der Waals surface area contributed by atoms with Crippen molar-refractivity contribution in [2.75, 3.05) is 5.32 Å². The lowest BCUT2D eigenvalue weighted by Gasteiger charge is -2.25. The Morgan fingerprint density at radius 1 is 0.920 bits per heavy atom. The number of benzene rings is 3. The van der Waals surface area contributed by atoms with Crippen LogP contribution in [0.2, 0.25) is 5.02 Å². The van der Waals surface area contributed by atoms with Crippen LogP contribution >= 0.6 is 11.6 Å². The van der Waals surface area contributed by atoms with Crippen LogP contribution < -0.4 is 10.1 Å². The van der Waals surface area contributed by atoms with E-state index in [2.05, 4.69) is 5.32 Å². The first-order chi connectivity index (χ1) is 12.2. The number of rotatable bonds is 4. The SMILES string of the molecule is O=C1c2cc(Cl)ccc2O[C@@H]1[C@@H](Nc1ccccc1)c1ccccc1. The van der Waals surface area contributed by atoms with Crippen molar-refractivity contribution in [3.63, 3.8) is 0 Å². The molecule has 3 aromatic rings. The molecule has 0 saturated heterocycles. The Kier molecular flexibility index (Phi) is 4.16. The molecule has 124 valence electrons. The van der Waals surface area contributed by atoms with Gasteiger partial charge in [-0.2, -0.15) is 0 Å². The third-order valence-corrected chi connectivity index (χ3v) is 4.51. The highest BCUT2D eigenvalue weighted by Crippen LogP contribution is 2.37. The fourth-order valence-electron chi connectivity index (χ4n) is 3.07. The molecule has 3 nitrogen and oxygen atoms in total. The molecular formula is C21H16ClNO2. The van der Waals surface area contributed by atoms with Crippen LogP contribution in [0.1, 0.15) is 22.0 Å². The Bertz CT molecular complexity index is 896. The van der Waals surface area contributed by atoms with Crippen LogP contribution in [0.5, 0.6) is 5.75 Å². The van der Waals surface area contributed by atoms with Crippen molar-refractivity contribution in [1.82, 2.24) is 0 Å². The van der Waals surface area contributed by atoms with Crippen LogP contribution in [0, 0.1) is 0 Å². The average Bonchev–Trinajstić information content (AvgIpc) is 2.97. The molecule has 1 N–H and O–H groups in total. The van der Waals surface area contributed by atoms with Crippen molar-refractivity contribution in [1.29, 1.82) is 0 Å². The number of carbonyl (C=O) groups is 1. The lowest BCUT2D eigenvalue weighted by atomic mass is 9.96. The Morgan fingerprint density at radius 2 is 1.60 bits per heavy atom. The number of halogens is 1. The van der Waals surface area contributed by atoms with Gasteiger partial charge in [0.05, 0.1) is 11.6 Å². The Balaban J connectivity index is 1.71. The number of ether oxygens (including phenoxy) is 1. The van der Waals surface area contributed by atoms with Crippen LogP contribution in [-0.4, -0.2) is 11.9 Å². The standard InChI is InChI=1S/C21H16ClNO2/c22-15-11-12-18-17(13-15)20(24)21(25-18)19(14-7-3-1-4-8-14)23-16-9-5-2-6-10-16/h1-13,19,21,23H/t19-,21+/m0/s1. The van der Waals surface area contributed by atoms with Crippen molar-refractivity contribution in [3.8, 4) is 5.75 Å². The van der Waals surface area contributed by atoms with Gasteiger partial charge in [-0.3, -0.25) is 4.79 Å². The summed E-state index contributed by atoms with van der Waals surface area (Å²) in [5.74, 6) is 0.518. The van der Waals surface area contributed by atoms with Gasteiger partial charge in [0.15, 0.2) is 6.10 Å². The third kappa shape index (κ3) is 3.11. The molecule has 3 aromatic carbocycles. The second kappa shape index (κ2) is 6.61. The molecule has 0 aliphatic carbocycles. The maximum atomic E-state index is 12.9. The molecule has 0 fully saturated rings. The summed E-state index contributed by atoms with van der Waals surface area (Å²) in [4.78, 5) is 12.9. The predicted molar refractivity (Wildman–Crippen MR) is 99.4 cm³/mol. The zero-order valence-electron chi connectivity index (χ0n) is 13.4. The number of carbonyl (C=O) groups excluding carboxylic acids is 1. The molecule has 1 heterocycles. The van der Waals surface area contributed by atoms with E-state index in [0.717, 1.165) is 11.3 Å². The van der Waals surface area contributed by atoms with Gasteiger partial charge in [0.1, 0.15) is 5.75 Å². The van der Waals surface area contributed by atoms with E-state index in [9.17, 15) is 4.79 Å². The van der Waals surface area contributed by atoms with E-state index in [1.54, 1.807) is 18.2 Å². The molecule has 25 heavy (non-hydrogen) atoms. The molecule has 4 rings (SSSR count). The van der Waals surface area contributed by atoms with Gasteiger partial charge in [0, 0.05) is 10.7 Å². The maximum absolute atomic E-state index is 12.9. The largest absolute Gasteiger partial charge is 0.479 e. The quantitative estimate of drug-likeness (QED) is 0.709. The van der Waals surface area contributed by atoms with Crippen molar-refractivity contribution in [3.05, 3.63) is 95.0 Å². The Morgan fingerprint density at radius 3 is 2.32 bits per heavy atom. The third-order valence-electron chi connectivity index (χ3n) is 4.28. The summed E-state index contributed by atoms with van der Waals surface area (Å²) < 4.78 is 5.99. The zero-order valence-corrected chi connectivity index (χ0v) is 14.1. The van der Waals surface area contributed by atoms with Gasteiger partial charge in [-0.1, -0.05) is 60.1 Å². The van der Waals surface area contributed by atoms with E-state index < -0.39 is 6.10 Å². The summed E-state index contributed by atoms with van der Waals surface area (Å²) in [6.45, 7) is 0. The number of Topliss-reactive ketones (excluding diaryl/α,β-unsaturated/α-hetero) is 1. The molecule has 0 radical (unpaired) electrons. The van der Waals surface area contributed by atoms with Crippen LogP contribution in [0.25, 0.3) is 0 Å². The molecule has 0 aromatic heterocycles. The first-order valence-electron chi connectivity index (χ1n) is 8.09. The number of hydrogen-bond donors (Lipinski definition) is 1. The normalized spacial score (nSPS) is 16.8. The number of para-hydroxylation sites is 1. The van der Waals surface area contributed by atoms with Gasteiger partial charge in [-0.25, -0.2) is 0 Å². The Hall–Kier alpha value is -2.78. The summed E-state index contributed by atoms with van der Waals surface area (Å²) in [5, 5.41) is 3.97. The van der Waals surface area contributed by atoms with Crippen molar-refractivity contribution in [2.24, 2.45) is 0 Å². The van der Waals surface area contributed by atoms with Crippen LogP contribution in [0.3, 0.4) is 0 Å². The second-order valence-electron chi connectivity index (χ2n) is 5.94. The summed E-state index contributed by atoms with van der Waals surface area (Å²) >= 11 is 6.04. The van der Waals surface area contributed by atoms with Gasteiger partial charge in [0.25, 0.3) is 0 Å². The minimum atomic E-state index is -0.643. The maximum Gasteiger partial charge on any atom is 0.209 e. The molecule has 1 aliphatic rings. The van der Waals surface area contributed by atoms with Gasteiger partial charge < -0.3 is 10.1 Å². The minimum Gasteiger partial charge on any atom is -0.479 e. The summed E-state index contributed by atoms with van der Waals surface area (Å²) in [7, 11) is 0. The van der Waals surface area contributed by atoms with E-state index in [1.807, 2.05) is 60.7 Å². The predicted octanol–water partition coefficient (Wildman–Crippen LogP) is 5.14. The fourth-order valence-corrected chi connectivity index (χ4v) is 3.24. The molecule has 0 amide bonds. The summed E-state index contributed by atoms with van der Waals surface area (Å²) in [5.41, 5.74) is 2.46. The highest BCUT2D eigenvalue weighted by molar-refractivity contribution is 6.31. The van der Waals surface area contributed by atoms with Gasteiger partial charge in [0.2, 0.25) is 5.78 Å². The van der Waals surface area contributed by atoms with E-state index in [1.165, 1.54) is 0 Å². The van der Waals surface area contributed by atoms with E-state index in [4.69, 9.17) is 16.3 Å². The van der Waals surface area contributed by atoms with Crippen molar-refractivity contribution in [2.45, 2.75) is 12.1 Å². The van der Waals surface area contributed by atoms with Crippen LogP contribution in [0.4, 0.5) is 5.69 Å². The fraction of sp³-hybridized carbons (Fsp3) is 0.0952. The molecule has 1 aliphatic heterocycles. The van der Waals surface area contributed by atoms with Crippen molar-refractivity contribution < 1.29 is 9.53 Å². The average molecular weight is 350 g/mol.